The highest BCUT2D eigenvalue weighted by atomic mass is 35.5. The van der Waals surface area contributed by atoms with Gasteiger partial charge >= 0.3 is 0 Å². The molecule has 1 fully saturated rings. The average Bonchev–Trinajstić information content (AvgIpc) is 3.07. The minimum atomic E-state index is -0.0689. The third-order valence-electron chi connectivity index (χ3n) is 3.21. The molecule has 5 heteroatoms. The molecule has 2 heterocycles. The van der Waals surface area contributed by atoms with Gasteiger partial charge in [-0.1, -0.05) is 17.7 Å². The highest BCUT2D eigenvalue weighted by Crippen LogP contribution is 2.29. The maximum absolute atomic E-state index is 11.2. The van der Waals surface area contributed by atoms with Gasteiger partial charge in [-0.05, 0) is 31.0 Å². The standard InChI is InChI=1S/C14H13ClN2O2/c15-11-3-1-4-12(7-11)17-8-10(9-18)14(16-17)13-5-2-6-19-13/h1,3-4,7-9,13H,2,5-6H2. The minimum Gasteiger partial charge on any atom is -0.372 e. The first-order valence-electron chi connectivity index (χ1n) is 6.20. The van der Waals surface area contributed by atoms with Gasteiger partial charge in [-0.2, -0.15) is 5.10 Å². The van der Waals surface area contributed by atoms with Crippen molar-refractivity contribution < 1.29 is 9.53 Å². The van der Waals surface area contributed by atoms with Crippen LogP contribution in [-0.4, -0.2) is 22.7 Å². The van der Waals surface area contributed by atoms with Gasteiger partial charge in [0.05, 0.1) is 11.3 Å². The largest absolute Gasteiger partial charge is 0.372 e. The Bertz CT molecular complexity index is 603. The van der Waals surface area contributed by atoms with Crippen LogP contribution in [0.1, 0.15) is 35.0 Å². The van der Waals surface area contributed by atoms with Crippen molar-refractivity contribution in [3.8, 4) is 5.69 Å². The zero-order chi connectivity index (χ0) is 13.2. The molecule has 1 aliphatic heterocycles. The molecule has 1 aromatic carbocycles. The normalized spacial score (nSPS) is 18.7. The molecule has 1 saturated heterocycles. The van der Waals surface area contributed by atoms with Crippen LogP contribution < -0.4 is 0 Å². The molecule has 0 aliphatic carbocycles. The molecule has 0 amide bonds. The van der Waals surface area contributed by atoms with Gasteiger partial charge in [-0.3, -0.25) is 4.79 Å². The van der Waals surface area contributed by atoms with Crippen LogP contribution in [0.2, 0.25) is 5.02 Å². The number of aldehydes is 1. The number of hydrogen-bond donors (Lipinski definition) is 0. The Morgan fingerprint density at radius 2 is 2.37 bits per heavy atom. The van der Waals surface area contributed by atoms with E-state index in [0.29, 0.717) is 16.3 Å². The smallest absolute Gasteiger partial charge is 0.153 e. The number of rotatable bonds is 3. The van der Waals surface area contributed by atoms with Crippen molar-refractivity contribution >= 4 is 17.9 Å². The van der Waals surface area contributed by atoms with Crippen molar-refractivity contribution in [2.75, 3.05) is 6.61 Å². The number of halogens is 1. The Morgan fingerprint density at radius 3 is 3.05 bits per heavy atom. The molecular weight excluding hydrogens is 264 g/mol. The van der Waals surface area contributed by atoms with Crippen LogP contribution in [0.15, 0.2) is 30.5 Å². The van der Waals surface area contributed by atoms with Crippen molar-refractivity contribution in [2.24, 2.45) is 0 Å². The second-order valence-electron chi connectivity index (χ2n) is 4.51. The van der Waals surface area contributed by atoms with E-state index < -0.39 is 0 Å². The van der Waals surface area contributed by atoms with E-state index in [4.69, 9.17) is 16.3 Å². The van der Waals surface area contributed by atoms with E-state index in [9.17, 15) is 4.79 Å². The first-order valence-corrected chi connectivity index (χ1v) is 6.58. The molecule has 2 aromatic rings. The van der Waals surface area contributed by atoms with Gasteiger partial charge in [0.2, 0.25) is 0 Å². The van der Waals surface area contributed by atoms with Crippen molar-refractivity contribution in [3.63, 3.8) is 0 Å². The Labute approximate surface area is 115 Å². The third-order valence-corrected chi connectivity index (χ3v) is 3.44. The molecule has 3 rings (SSSR count). The first kappa shape index (κ1) is 12.4. The molecule has 0 saturated carbocycles. The molecule has 0 N–H and O–H groups in total. The van der Waals surface area contributed by atoms with E-state index in [1.54, 1.807) is 16.9 Å². The zero-order valence-corrected chi connectivity index (χ0v) is 11.0. The van der Waals surface area contributed by atoms with Gasteiger partial charge in [0.1, 0.15) is 11.8 Å². The summed E-state index contributed by atoms with van der Waals surface area (Å²) in [6.07, 6.45) is 4.39. The van der Waals surface area contributed by atoms with Gasteiger partial charge in [0, 0.05) is 17.8 Å². The molecule has 4 nitrogen and oxygen atoms in total. The maximum atomic E-state index is 11.2. The Morgan fingerprint density at radius 1 is 1.47 bits per heavy atom. The molecule has 19 heavy (non-hydrogen) atoms. The summed E-state index contributed by atoms with van der Waals surface area (Å²) in [5, 5.41) is 5.11. The van der Waals surface area contributed by atoms with E-state index in [1.165, 1.54) is 0 Å². The Balaban J connectivity index is 2.01. The predicted octanol–water partition coefficient (Wildman–Crippen LogP) is 3.19. The van der Waals surface area contributed by atoms with Crippen LogP contribution in [0.3, 0.4) is 0 Å². The van der Waals surface area contributed by atoms with E-state index in [-0.39, 0.29) is 6.10 Å². The van der Waals surface area contributed by atoms with Crippen molar-refractivity contribution in [1.82, 2.24) is 9.78 Å². The van der Waals surface area contributed by atoms with Gasteiger partial charge in [0.15, 0.2) is 6.29 Å². The molecular formula is C14H13ClN2O2. The lowest BCUT2D eigenvalue weighted by Crippen LogP contribution is -2.01. The summed E-state index contributed by atoms with van der Waals surface area (Å²) in [6, 6.07) is 7.36. The molecule has 0 bridgehead atoms. The number of nitrogens with zero attached hydrogens (tertiary/aromatic N) is 2. The summed E-state index contributed by atoms with van der Waals surface area (Å²) >= 11 is 5.97. The number of hydrogen-bond acceptors (Lipinski definition) is 3. The van der Waals surface area contributed by atoms with Crippen LogP contribution in [0.5, 0.6) is 0 Å². The monoisotopic (exact) mass is 276 g/mol. The maximum Gasteiger partial charge on any atom is 0.153 e. The minimum absolute atomic E-state index is 0.0689. The summed E-state index contributed by atoms with van der Waals surface area (Å²) in [5.74, 6) is 0. The van der Waals surface area contributed by atoms with E-state index in [1.807, 2.05) is 18.2 Å². The van der Waals surface area contributed by atoms with Crippen molar-refractivity contribution in [1.29, 1.82) is 0 Å². The van der Waals surface area contributed by atoms with Crippen LogP contribution >= 0.6 is 11.6 Å². The fourth-order valence-corrected chi connectivity index (χ4v) is 2.47. The third kappa shape index (κ3) is 2.41. The van der Waals surface area contributed by atoms with Crippen LogP contribution in [-0.2, 0) is 4.74 Å². The van der Waals surface area contributed by atoms with Crippen LogP contribution in [0.25, 0.3) is 5.69 Å². The summed E-state index contributed by atoms with van der Waals surface area (Å²) in [6.45, 7) is 0.729. The summed E-state index contributed by atoms with van der Waals surface area (Å²) in [4.78, 5) is 11.2. The van der Waals surface area contributed by atoms with Gasteiger partial charge in [-0.25, -0.2) is 4.68 Å². The van der Waals surface area contributed by atoms with E-state index in [0.717, 1.165) is 31.4 Å². The molecule has 0 radical (unpaired) electrons. The van der Waals surface area contributed by atoms with Gasteiger partial charge in [-0.15, -0.1) is 0 Å². The molecule has 98 valence electrons. The second kappa shape index (κ2) is 5.15. The fourth-order valence-electron chi connectivity index (χ4n) is 2.29. The summed E-state index contributed by atoms with van der Waals surface area (Å²) in [7, 11) is 0. The second-order valence-corrected chi connectivity index (χ2v) is 4.95. The lowest BCUT2D eigenvalue weighted by molar-refractivity contribution is 0.104. The molecule has 1 atom stereocenters. The SMILES string of the molecule is O=Cc1cn(-c2cccc(Cl)c2)nc1C1CCCO1. The molecule has 0 spiro atoms. The van der Waals surface area contributed by atoms with E-state index >= 15 is 0 Å². The van der Waals surface area contributed by atoms with Gasteiger partial charge in [0.25, 0.3) is 0 Å². The quantitative estimate of drug-likeness (QED) is 0.809. The van der Waals surface area contributed by atoms with E-state index in [2.05, 4.69) is 5.10 Å². The molecule has 1 unspecified atom stereocenters. The number of carbonyl (C=O) groups is 1. The first-order chi connectivity index (χ1) is 9.28. The number of aromatic nitrogens is 2. The van der Waals surface area contributed by atoms with Crippen molar-refractivity contribution in [2.45, 2.75) is 18.9 Å². The molecule has 1 aromatic heterocycles. The lowest BCUT2D eigenvalue weighted by Gasteiger charge is -2.06. The Hall–Kier alpha value is -1.65. The number of ether oxygens (including phenoxy) is 1. The number of carbonyl (C=O) groups excluding carboxylic acids is 1. The summed E-state index contributed by atoms with van der Waals surface area (Å²) < 4.78 is 7.27. The zero-order valence-electron chi connectivity index (χ0n) is 10.3. The predicted molar refractivity (Wildman–Crippen MR) is 71.9 cm³/mol. The number of benzene rings is 1. The highest BCUT2D eigenvalue weighted by molar-refractivity contribution is 6.30. The van der Waals surface area contributed by atoms with Gasteiger partial charge < -0.3 is 4.74 Å². The highest BCUT2D eigenvalue weighted by Gasteiger charge is 2.24. The lowest BCUT2D eigenvalue weighted by atomic mass is 10.1. The molecule has 1 aliphatic rings. The summed E-state index contributed by atoms with van der Waals surface area (Å²) in [5.41, 5.74) is 2.12. The van der Waals surface area contributed by atoms with Crippen LogP contribution in [0.4, 0.5) is 0 Å². The average molecular weight is 277 g/mol. The van der Waals surface area contributed by atoms with Crippen molar-refractivity contribution in [3.05, 3.63) is 46.7 Å². The fraction of sp³-hybridized carbons (Fsp3) is 0.286. The Kier molecular flexibility index (Phi) is 3.36. The topological polar surface area (TPSA) is 44.1 Å². The van der Waals surface area contributed by atoms with Crippen LogP contribution in [0, 0.1) is 0 Å².